The molecule has 0 aliphatic carbocycles. The maximum Gasteiger partial charge on any atom is 0.372 e. The molecular weight excluding hydrogens is 335 g/mol. The molecule has 2 rings (SSSR count). The summed E-state index contributed by atoms with van der Waals surface area (Å²) in [6.07, 6.45) is 2.17. The maximum atomic E-state index is 6.07. The zero-order chi connectivity index (χ0) is 15.0. The van der Waals surface area contributed by atoms with E-state index in [0.717, 1.165) is 29.3 Å². The number of hydrogen-bond acceptors (Lipinski definition) is 2. The lowest BCUT2D eigenvalue weighted by atomic mass is 9.96. The van der Waals surface area contributed by atoms with Gasteiger partial charge in [-0.2, -0.15) is 0 Å². The van der Waals surface area contributed by atoms with Crippen LogP contribution in [0.4, 0.5) is 0 Å². The van der Waals surface area contributed by atoms with Crippen LogP contribution < -0.4 is 9.92 Å². The molecule has 1 aromatic carbocycles. The van der Waals surface area contributed by atoms with Crippen molar-refractivity contribution in [3.05, 3.63) is 23.8 Å². The maximum absolute atomic E-state index is 6.07. The summed E-state index contributed by atoms with van der Waals surface area (Å²) in [5.74, 6) is 0.568. The van der Waals surface area contributed by atoms with Crippen molar-refractivity contribution in [1.29, 1.82) is 0 Å². The molecule has 1 aromatic rings. The Balaban J connectivity index is 2.24. The summed E-state index contributed by atoms with van der Waals surface area (Å²) < 4.78 is 12.0. The third kappa shape index (κ3) is 3.45. The van der Waals surface area contributed by atoms with Crippen molar-refractivity contribution in [2.24, 2.45) is 5.92 Å². The van der Waals surface area contributed by atoms with Crippen molar-refractivity contribution >= 4 is 44.4 Å². The molecule has 0 N–H and O–H groups in total. The first-order valence-corrected chi connectivity index (χ1v) is 11.8. The number of halogens is 3. The van der Waals surface area contributed by atoms with Crippen LogP contribution in [0.5, 0.6) is 5.75 Å². The van der Waals surface area contributed by atoms with Crippen LogP contribution in [0.1, 0.15) is 39.2 Å². The molecule has 0 saturated heterocycles. The summed E-state index contributed by atoms with van der Waals surface area (Å²) in [6.45, 7) is 6.79. The van der Waals surface area contributed by atoms with Gasteiger partial charge in [-0.15, -0.1) is 33.2 Å². The van der Waals surface area contributed by atoms with Gasteiger partial charge in [0.25, 0.3) is 0 Å². The van der Waals surface area contributed by atoms with E-state index in [9.17, 15) is 0 Å². The minimum absolute atomic E-state index is 0.322. The van der Waals surface area contributed by atoms with Gasteiger partial charge in [0, 0.05) is 18.4 Å². The van der Waals surface area contributed by atoms with Gasteiger partial charge >= 0.3 is 6.00 Å². The Morgan fingerprint density at radius 3 is 2.65 bits per heavy atom. The molecule has 1 aliphatic heterocycles. The minimum atomic E-state index is -2.86. The quantitative estimate of drug-likeness (QED) is 0.581. The number of rotatable bonds is 4. The fraction of sp³-hybridized carbons (Fsp3) is 0.571. The average molecular weight is 354 g/mol. The van der Waals surface area contributed by atoms with E-state index in [-0.39, 0.29) is 0 Å². The highest BCUT2D eigenvalue weighted by Crippen LogP contribution is 2.37. The summed E-state index contributed by atoms with van der Waals surface area (Å²) >= 11 is 18.1. The monoisotopic (exact) mass is 352 g/mol. The Morgan fingerprint density at radius 1 is 1.35 bits per heavy atom. The van der Waals surface area contributed by atoms with Crippen molar-refractivity contribution < 1.29 is 9.47 Å². The molecule has 0 fully saturated rings. The SMILES string of the molecule is CCCC(C)C1(C)OCc2cc([Si](Cl)(Cl)Cl)ccc2O1. The first-order valence-electron chi connectivity index (χ1n) is 6.79. The smallest absolute Gasteiger partial charge is 0.372 e. The van der Waals surface area contributed by atoms with Gasteiger partial charge in [-0.05, 0) is 17.7 Å². The van der Waals surface area contributed by atoms with Crippen molar-refractivity contribution in [2.45, 2.75) is 46.0 Å². The van der Waals surface area contributed by atoms with E-state index in [1.54, 1.807) is 0 Å². The Kier molecular flexibility index (Phi) is 4.97. The molecule has 0 aromatic heterocycles. The molecule has 20 heavy (non-hydrogen) atoms. The van der Waals surface area contributed by atoms with Crippen LogP contribution in [0, 0.1) is 5.92 Å². The zero-order valence-electron chi connectivity index (χ0n) is 11.9. The van der Waals surface area contributed by atoms with Gasteiger partial charge in [0.2, 0.25) is 5.79 Å². The summed E-state index contributed by atoms with van der Waals surface area (Å²) in [5, 5.41) is 0.763. The second kappa shape index (κ2) is 6.05. The van der Waals surface area contributed by atoms with Crippen LogP contribution in [0.25, 0.3) is 0 Å². The van der Waals surface area contributed by atoms with E-state index >= 15 is 0 Å². The Bertz CT molecular complexity index is 490. The van der Waals surface area contributed by atoms with E-state index < -0.39 is 11.8 Å². The molecule has 0 radical (unpaired) electrons. The number of hydrogen-bond donors (Lipinski definition) is 0. The molecule has 2 atom stereocenters. The van der Waals surface area contributed by atoms with Gasteiger partial charge in [-0.25, -0.2) is 0 Å². The topological polar surface area (TPSA) is 18.5 Å². The van der Waals surface area contributed by atoms with Crippen molar-refractivity contribution in [3.8, 4) is 5.75 Å². The van der Waals surface area contributed by atoms with Crippen molar-refractivity contribution in [1.82, 2.24) is 0 Å². The highest BCUT2D eigenvalue weighted by atomic mass is 35.8. The van der Waals surface area contributed by atoms with E-state index in [1.165, 1.54) is 0 Å². The predicted molar refractivity (Wildman–Crippen MR) is 87.3 cm³/mol. The van der Waals surface area contributed by atoms with Crippen molar-refractivity contribution in [3.63, 3.8) is 0 Å². The fourth-order valence-corrected chi connectivity index (χ4v) is 4.04. The number of fused-ring (bicyclic) bond motifs is 1. The molecule has 112 valence electrons. The summed E-state index contributed by atoms with van der Waals surface area (Å²) in [5.41, 5.74) is 0.947. The number of benzene rings is 1. The van der Waals surface area contributed by atoms with Crippen molar-refractivity contribution in [2.75, 3.05) is 0 Å². The minimum Gasteiger partial charge on any atom is -0.462 e. The lowest BCUT2D eigenvalue weighted by Crippen LogP contribution is -2.45. The van der Waals surface area contributed by atoms with Crippen LogP contribution in [0.3, 0.4) is 0 Å². The zero-order valence-corrected chi connectivity index (χ0v) is 15.1. The Morgan fingerprint density at radius 2 is 2.05 bits per heavy atom. The highest BCUT2D eigenvalue weighted by molar-refractivity contribution is 7.69. The largest absolute Gasteiger partial charge is 0.462 e. The van der Waals surface area contributed by atoms with Gasteiger partial charge in [-0.1, -0.05) is 32.4 Å². The van der Waals surface area contributed by atoms with Gasteiger partial charge in [-0.3, -0.25) is 0 Å². The first-order chi connectivity index (χ1) is 9.26. The third-order valence-corrected chi connectivity index (χ3v) is 6.76. The van der Waals surface area contributed by atoms with Crippen LogP contribution >= 0.6 is 33.2 Å². The van der Waals surface area contributed by atoms with Gasteiger partial charge < -0.3 is 9.47 Å². The lowest BCUT2D eigenvalue weighted by molar-refractivity contribution is -0.223. The number of ether oxygens (including phenoxy) is 2. The van der Waals surface area contributed by atoms with Gasteiger partial charge in [0.1, 0.15) is 5.75 Å². The molecule has 2 nitrogen and oxygen atoms in total. The second-order valence-corrected chi connectivity index (χ2v) is 13.8. The Labute approximate surface area is 135 Å². The van der Waals surface area contributed by atoms with E-state index in [0.29, 0.717) is 12.5 Å². The molecule has 0 amide bonds. The first kappa shape index (κ1) is 16.4. The standard InChI is InChI=1S/C14H19Cl3O2Si/c1-4-5-10(2)14(3)18-9-11-8-12(20(15,16)17)6-7-13(11)19-14/h6-8,10H,4-5,9H2,1-3H3. The normalized spacial score (nSPS) is 23.9. The average Bonchev–Trinajstić information content (AvgIpc) is 2.37. The summed E-state index contributed by atoms with van der Waals surface area (Å²) in [6, 6.07) is 2.76. The molecule has 0 spiro atoms. The van der Waals surface area contributed by atoms with Crippen LogP contribution in [0.15, 0.2) is 18.2 Å². The van der Waals surface area contributed by atoms with E-state index in [2.05, 4.69) is 13.8 Å². The van der Waals surface area contributed by atoms with E-state index in [4.69, 9.17) is 42.7 Å². The molecule has 2 unspecified atom stereocenters. The summed E-state index contributed by atoms with van der Waals surface area (Å²) in [7, 11) is 0. The fourth-order valence-electron chi connectivity index (χ4n) is 2.38. The molecule has 1 heterocycles. The molecule has 0 bridgehead atoms. The highest BCUT2D eigenvalue weighted by Gasteiger charge is 2.38. The van der Waals surface area contributed by atoms with E-state index in [1.807, 2.05) is 25.1 Å². The predicted octanol–water partition coefficient (Wildman–Crippen LogP) is 4.61. The second-order valence-electron chi connectivity index (χ2n) is 5.42. The molecule has 6 heteroatoms. The summed E-state index contributed by atoms with van der Waals surface area (Å²) in [4.78, 5) is 0. The van der Waals surface area contributed by atoms with Crippen LogP contribution in [0.2, 0.25) is 0 Å². The van der Waals surface area contributed by atoms with Gasteiger partial charge in [0.05, 0.1) is 6.61 Å². The third-order valence-electron chi connectivity index (χ3n) is 3.83. The lowest BCUT2D eigenvalue weighted by Gasteiger charge is -2.40. The molecular formula is C14H19Cl3O2Si. The van der Waals surface area contributed by atoms with Crippen LogP contribution in [-0.2, 0) is 11.3 Å². The molecule has 1 aliphatic rings. The van der Waals surface area contributed by atoms with Gasteiger partial charge in [0.15, 0.2) is 0 Å². The molecule has 0 saturated carbocycles. The van der Waals surface area contributed by atoms with Crippen LogP contribution in [-0.4, -0.2) is 11.8 Å². The Hall–Kier alpha value is 0.0669.